The number of nitrogens with two attached hydrogens (primary N) is 1. The van der Waals surface area contributed by atoms with Crippen LogP contribution < -0.4 is 10.5 Å². The monoisotopic (exact) mass is 308 g/mol. The van der Waals surface area contributed by atoms with Crippen molar-refractivity contribution >= 4 is 23.1 Å². The molecule has 8 heteroatoms. The van der Waals surface area contributed by atoms with E-state index in [1.807, 2.05) is 13.8 Å². The molecule has 0 unspecified atom stereocenters. The van der Waals surface area contributed by atoms with Crippen LogP contribution in [0, 0.1) is 10.1 Å². The van der Waals surface area contributed by atoms with Gasteiger partial charge >= 0.3 is 0 Å². The number of rotatable bonds is 4. The number of non-ortho nitro benzene ring substituents is 1. The Labute approximate surface area is 125 Å². The second-order valence-electron chi connectivity index (χ2n) is 4.61. The molecule has 0 saturated carbocycles. The fraction of sp³-hybridized carbons (Fsp3) is 0.231. The van der Waals surface area contributed by atoms with Gasteiger partial charge in [0.2, 0.25) is 5.88 Å². The molecule has 0 spiro atoms. The average molecular weight is 309 g/mol. The predicted octanol–water partition coefficient (Wildman–Crippen LogP) is 3.54. The first kappa shape index (κ1) is 15.0. The lowest BCUT2D eigenvalue weighted by Crippen LogP contribution is -2.04. The molecule has 1 aromatic carbocycles. The fourth-order valence-corrected chi connectivity index (χ4v) is 1.96. The molecule has 21 heavy (non-hydrogen) atoms. The first-order valence-electron chi connectivity index (χ1n) is 6.12. The number of nitrogen functional groups attached to an aromatic ring is 1. The van der Waals surface area contributed by atoms with Crippen molar-refractivity contribution in [3.05, 3.63) is 45.2 Å². The van der Waals surface area contributed by atoms with Crippen LogP contribution in [-0.2, 0) is 0 Å². The Kier molecular flexibility index (Phi) is 4.23. The van der Waals surface area contributed by atoms with Gasteiger partial charge in [-0.2, -0.15) is 0 Å². The number of aromatic nitrogens is 2. The van der Waals surface area contributed by atoms with Gasteiger partial charge in [-0.25, -0.2) is 9.97 Å². The molecule has 2 rings (SSSR count). The first-order chi connectivity index (χ1) is 9.90. The molecule has 7 nitrogen and oxygen atoms in total. The van der Waals surface area contributed by atoms with Gasteiger partial charge in [0, 0.05) is 6.07 Å². The van der Waals surface area contributed by atoms with Crippen LogP contribution in [-0.4, -0.2) is 14.9 Å². The van der Waals surface area contributed by atoms with Crippen LogP contribution in [0.1, 0.15) is 25.3 Å². The first-order valence-corrected chi connectivity index (χ1v) is 6.50. The number of nitrogens with zero attached hydrogens (tertiary/aromatic N) is 3. The summed E-state index contributed by atoms with van der Waals surface area (Å²) in [6.07, 6.45) is 1.27. The minimum absolute atomic E-state index is 0.0265. The van der Waals surface area contributed by atoms with Crippen LogP contribution in [0.25, 0.3) is 0 Å². The molecular formula is C13H13ClN4O3. The van der Waals surface area contributed by atoms with Crippen molar-refractivity contribution < 1.29 is 9.66 Å². The summed E-state index contributed by atoms with van der Waals surface area (Å²) in [5, 5.41) is 11.1. The number of hydrogen-bond donors (Lipinski definition) is 1. The van der Waals surface area contributed by atoms with Gasteiger partial charge in [-0.1, -0.05) is 25.4 Å². The molecule has 1 heterocycles. The normalized spacial score (nSPS) is 10.7. The Balaban J connectivity index is 2.45. The van der Waals surface area contributed by atoms with Crippen LogP contribution in [0.4, 0.5) is 11.5 Å². The zero-order valence-corrected chi connectivity index (χ0v) is 12.2. The highest BCUT2D eigenvalue weighted by atomic mass is 35.5. The van der Waals surface area contributed by atoms with Gasteiger partial charge in [-0.15, -0.1) is 0 Å². The highest BCUT2D eigenvalue weighted by Crippen LogP contribution is 2.36. The van der Waals surface area contributed by atoms with Crippen LogP contribution in [0.3, 0.4) is 0 Å². The van der Waals surface area contributed by atoms with Crippen LogP contribution in [0.5, 0.6) is 11.6 Å². The Bertz CT molecular complexity index is 691. The summed E-state index contributed by atoms with van der Waals surface area (Å²) in [5.74, 6) is 0.709. The molecule has 110 valence electrons. The standard InChI is InChI=1S/C13H13ClN4O3/c1-7(2)11-12(15)16-6-17-13(11)21-10-5-8(18(19)20)3-4-9(10)14/h3-7H,1-2H3,(H2,15,16,17). The van der Waals surface area contributed by atoms with E-state index in [0.29, 0.717) is 11.4 Å². The molecule has 0 aliphatic carbocycles. The molecule has 2 aromatic rings. The third-order valence-electron chi connectivity index (χ3n) is 2.79. The lowest BCUT2D eigenvalue weighted by Gasteiger charge is -2.14. The zero-order valence-electron chi connectivity index (χ0n) is 11.4. The second kappa shape index (κ2) is 5.92. The van der Waals surface area contributed by atoms with Crippen molar-refractivity contribution in [3.63, 3.8) is 0 Å². The van der Waals surface area contributed by atoms with Gasteiger partial charge in [-0.05, 0) is 12.0 Å². The lowest BCUT2D eigenvalue weighted by atomic mass is 10.1. The van der Waals surface area contributed by atoms with Gasteiger partial charge in [0.1, 0.15) is 12.1 Å². The van der Waals surface area contributed by atoms with Gasteiger partial charge in [-0.3, -0.25) is 10.1 Å². The van der Waals surface area contributed by atoms with Gasteiger partial charge in [0.25, 0.3) is 5.69 Å². The molecule has 0 aliphatic rings. The highest BCUT2D eigenvalue weighted by molar-refractivity contribution is 6.32. The zero-order chi connectivity index (χ0) is 15.6. The highest BCUT2D eigenvalue weighted by Gasteiger charge is 2.18. The summed E-state index contributed by atoms with van der Waals surface area (Å²) in [4.78, 5) is 18.2. The Morgan fingerprint density at radius 3 is 2.71 bits per heavy atom. The molecule has 0 aliphatic heterocycles. The maximum absolute atomic E-state index is 10.8. The number of benzene rings is 1. The van der Waals surface area contributed by atoms with Crippen molar-refractivity contribution in [1.82, 2.24) is 9.97 Å². The maximum atomic E-state index is 10.8. The molecular weight excluding hydrogens is 296 g/mol. The summed E-state index contributed by atoms with van der Waals surface area (Å²) < 4.78 is 5.61. The average Bonchev–Trinajstić information content (AvgIpc) is 2.40. The summed E-state index contributed by atoms with van der Waals surface area (Å²) in [7, 11) is 0. The van der Waals surface area contributed by atoms with Crippen LogP contribution >= 0.6 is 11.6 Å². The Morgan fingerprint density at radius 1 is 1.38 bits per heavy atom. The van der Waals surface area contributed by atoms with Crippen molar-refractivity contribution in [3.8, 4) is 11.6 Å². The quantitative estimate of drug-likeness (QED) is 0.684. The van der Waals surface area contributed by atoms with Gasteiger partial charge in [0.05, 0.1) is 21.6 Å². The minimum atomic E-state index is -0.527. The molecule has 0 bridgehead atoms. The summed E-state index contributed by atoms with van der Waals surface area (Å²) in [5.41, 5.74) is 6.32. The van der Waals surface area contributed by atoms with E-state index < -0.39 is 4.92 Å². The van der Waals surface area contributed by atoms with E-state index in [2.05, 4.69) is 9.97 Å². The number of hydrogen-bond acceptors (Lipinski definition) is 6. The topological polar surface area (TPSA) is 104 Å². The summed E-state index contributed by atoms with van der Waals surface area (Å²) >= 11 is 6.00. The van der Waals surface area contributed by atoms with E-state index in [1.165, 1.54) is 24.5 Å². The number of nitro groups is 1. The SMILES string of the molecule is CC(C)c1c(N)ncnc1Oc1cc([N+](=O)[O-])ccc1Cl. The van der Waals surface area contributed by atoms with E-state index in [9.17, 15) is 10.1 Å². The van der Waals surface area contributed by atoms with Crippen molar-refractivity contribution in [2.24, 2.45) is 0 Å². The molecule has 0 amide bonds. The van der Waals surface area contributed by atoms with Crippen molar-refractivity contribution in [1.29, 1.82) is 0 Å². The van der Waals surface area contributed by atoms with Crippen LogP contribution in [0.2, 0.25) is 5.02 Å². The maximum Gasteiger partial charge on any atom is 0.273 e. The molecule has 1 aromatic heterocycles. The largest absolute Gasteiger partial charge is 0.437 e. The number of halogens is 1. The number of anilines is 1. The second-order valence-corrected chi connectivity index (χ2v) is 5.01. The molecule has 0 radical (unpaired) electrons. The molecule has 0 fully saturated rings. The van der Waals surface area contributed by atoms with E-state index in [0.717, 1.165) is 0 Å². The third-order valence-corrected chi connectivity index (χ3v) is 3.10. The number of ether oxygens (including phenoxy) is 1. The summed E-state index contributed by atoms with van der Waals surface area (Å²) in [6, 6.07) is 3.94. The Morgan fingerprint density at radius 2 is 2.10 bits per heavy atom. The van der Waals surface area contributed by atoms with Gasteiger partial charge in [0.15, 0.2) is 5.75 Å². The molecule has 2 N–H and O–H groups in total. The predicted molar refractivity (Wildman–Crippen MR) is 78.7 cm³/mol. The van der Waals surface area contributed by atoms with Crippen LogP contribution in [0.15, 0.2) is 24.5 Å². The van der Waals surface area contributed by atoms with E-state index in [-0.39, 0.29) is 28.3 Å². The summed E-state index contributed by atoms with van der Waals surface area (Å²) in [6.45, 7) is 3.83. The number of nitro benzene ring substituents is 1. The van der Waals surface area contributed by atoms with E-state index in [4.69, 9.17) is 22.1 Å². The smallest absolute Gasteiger partial charge is 0.273 e. The minimum Gasteiger partial charge on any atom is -0.437 e. The van der Waals surface area contributed by atoms with Gasteiger partial charge < -0.3 is 10.5 Å². The third kappa shape index (κ3) is 3.19. The molecule has 0 atom stereocenters. The van der Waals surface area contributed by atoms with Crippen molar-refractivity contribution in [2.75, 3.05) is 5.73 Å². The lowest BCUT2D eigenvalue weighted by molar-refractivity contribution is -0.384. The fourth-order valence-electron chi connectivity index (χ4n) is 1.80. The Hall–Kier alpha value is -2.41. The van der Waals surface area contributed by atoms with Crippen molar-refractivity contribution in [2.45, 2.75) is 19.8 Å². The van der Waals surface area contributed by atoms with E-state index >= 15 is 0 Å². The molecule has 0 saturated heterocycles. The van der Waals surface area contributed by atoms with E-state index in [1.54, 1.807) is 0 Å².